The smallest absolute Gasteiger partial charge is 0.326 e. The SMILES string of the molecule is Cc1csc(NC(=O)N[C@@H](Cc2ccccc2)C(=O)O)n1. The first-order chi connectivity index (χ1) is 10.0. The van der Waals surface area contributed by atoms with E-state index in [-0.39, 0.29) is 6.42 Å². The number of nitrogens with one attached hydrogen (secondary N) is 2. The summed E-state index contributed by atoms with van der Waals surface area (Å²) in [5, 5.41) is 16.4. The van der Waals surface area contributed by atoms with Crippen LogP contribution in [0.15, 0.2) is 35.7 Å². The number of hydrogen-bond acceptors (Lipinski definition) is 4. The Hall–Kier alpha value is -2.41. The van der Waals surface area contributed by atoms with E-state index in [0.29, 0.717) is 5.13 Å². The van der Waals surface area contributed by atoms with Crippen LogP contribution >= 0.6 is 11.3 Å². The number of urea groups is 1. The Kier molecular flexibility index (Phi) is 4.89. The van der Waals surface area contributed by atoms with Crippen LogP contribution in [-0.2, 0) is 11.2 Å². The lowest BCUT2D eigenvalue weighted by atomic mass is 10.1. The molecule has 6 nitrogen and oxygen atoms in total. The molecule has 1 atom stereocenters. The van der Waals surface area contributed by atoms with Crippen LogP contribution in [0.1, 0.15) is 11.3 Å². The zero-order valence-corrected chi connectivity index (χ0v) is 12.2. The maximum atomic E-state index is 11.8. The monoisotopic (exact) mass is 305 g/mol. The van der Waals surface area contributed by atoms with Gasteiger partial charge in [-0.2, -0.15) is 0 Å². The zero-order chi connectivity index (χ0) is 15.2. The number of carboxylic acid groups (broad SMARTS) is 1. The van der Waals surface area contributed by atoms with E-state index in [1.165, 1.54) is 11.3 Å². The van der Waals surface area contributed by atoms with Crippen molar-refractivity contribution in [2.75, 3.05) is 5.32 Å². The maximum Gasteiger partial charge on any atom is 0.326 e. The van der Waals surface area contributed by atoms with Crippen molar-refractivity contribution in [2.24, 2.45) is 0 Å². The molecule has 21 heavy (non-hydrogen) atoms. The number of carbonyl (C=O) groups excluding carboxylic acids is 1. The van der Waals surface area contributed by atoms with Gasteiger partial charge in [-0.05, 0) is 12.5 Å². The van der Waals surface area contributed by atoms with Crippen molar-refractivity contribution in [1.29, 1.82) is 0 Å². The van der Waals surface area contributed by atoms with Gasteiger partial charge >= 0.3 is 12.0 Å². The lowest BCUT2D eigenvalue weighted by Gasteiger charge is -2.14. The van der Waals surface area contributed by atoms with Crippen LogP contribution in [0.4, 0.5) is 9.93 Å². The van der Waals surface area contributed by atoms with Gasteiger partial charge in [-0.1, -0.05) is 30.3 Å². The molecule has 0 aliphatic rings. The predicted octanol–water partition coefficient (Wildman–Crippen LogP) is 2.27. The van der Waals surface area contributed by atoms with Gasteiger partial charge in [0.25, 0.3) is 0 Å². The third-order valence-corrected chi connectivity index (χ3v) is 3.60. The highest BCUT2D eigenvalue weighted by molar-refractivity contribution is 7.13. The van der Waals surface area contributed by atoms with Crippen molar-refractivity contribution < 1.29 is 14.7 Å². The number of rotatable bonds is 5. The average Bonchev–Trinajstić information content (AvgIpc) is 2.84. The average molecular weight is 305 g/mol. The molecule has 0 aliphatic heterocycles. The van der Waals surface area contributed by atoms with Crippen molar-refractivity contribution in [1.82, 2.24) is 10.3 Å². The molecule has 110 valence electrons. The normalized spacial score (nSPS) is 11.7. The third-order valence-electron chi connectivity index (χ3n) is 2.73. The molecule has 0 unspecified atom stereocenters. The fraction of sp³-hybridized carbons (Fsp3) is 0.214. The predicted molar refractivity (Wildman–Crippen MR) is 80.6 cm³/mol. The van der Waals surface area contributed by atoms with E-state index in [1.807, 2.05) is 37.3 Å². The molecule has 2 rings (SSSR count). The van der Waals surface area contributed by atoms with Crippen molar-refractivity contribution in [2.45, 2.75) is 19.4 Å². The number of anilines is 1. The quantitative estimate of drug-likeness (QED) is 0.790. The number of amides is 2. The summed E-state index contributed by atoms with van der Waals surface area (Å²) in [6.45, 7) is 1.81. The van der Waals surface area contributed by atoms with Crippen LogP contribution in [0.25, 0.3) is 0 Å². The lowest BCUT2D eigenvalue weighted by Crippen LogP contribution is -2.44. The second-order valence-corrected chi connectivity index (χ2v) is 5.33. The topological polar surface area (TPSA) is 91.3 Å². The Bertz CT molecular complexity index is 627. The molecule has 1 aromatic heterocycles. The first kappa shape index (κ1) is 15.0. The molecule has 7 heteroatoms. The summed E-state index contributed by atoms with van der Waals surface area (Å²) < 4.78 is 0. The second-order valence-electron chi connectivity index (χ2n) is 4.47. The second kappa shape index (κ2) is 6.85. The Morgan fingerprint density at radius 3 is 2.62 bits per heavy atom. The summed E-state index contributed by atoms with van der Waals surface area (Å²) >= 11 is 1.29. The molecule has 0 spiro atoms. The molecule has 0 bridgehead atoms. The summed E-state index contributed by atoms with van der Waals surface area (Å²) in [5.41, 5.74) is 1.64. The molecule has 0 radical (unpaired) electrons. The molecule has 2 aromatic rings. The van der Waals surface area contributed by atoms with Gasteiger partial charge in [-0.3, -0.25) is 5.32 Å². The van der Waals surface area contributed by atoms with E-state index < -0.39 is 18.0 Å². The number of aryl methyl sites for hydroxylation is 1. The third kappa shape index (κ3) is 4.57. The number of aliphatic carboxylic acids is 1. The summed E-state index contributed by atoms with van der Waals surface area (Å²) in [6, 6.07) is 7.57. The van der Waals surface area contributed by atoms with Crippen molar-refractivity contribution in [3.8, 4) is 0 Å². The molecular weight excluding hydrogens is 290 g/mol. The Labute approximate surface area is 125 Å². The summed E-state index contributed by atoms with van der Waals surface area (Å²) in [5.74, 6) is -1.08. The fourth-order valence-electron chi connectivity index (χ4n) is 1.75. The van der Waals surface area contributed by atoms with Crippen LogP contribution in [-0.4, -0.2) is 28.1 Å². The van der Waals surface area contributed by atoms with Crippen LogP contribution < -0.4 is 10.6 Å². The van der Waals surface area contributed by atoms with Crippen LogP contribution in [0.3, 0.4) is 0 Å². The lowest BCUT2D eigenvalue weighted by molar-refractivity contribution is -0.139. The summed E-state index contributed by atoms with van der Waals surface area (Å²) in [4.78, 5) is 27.1. The van der Waals surface area contributed by atoms with Gasteiger partial charge in [0.2, 0.25) is 0 Å². The molecule has 1 aromatic carbocycles. The number of carbonyl (C=O) groups is 2. The van der Waals surface area contributed by atoms with Crippen LogP contribution in [0, 0.1) is 6.92 Å². The largest absolute Gasteiger partial charge is 0.480 e. The van der Waals surface area contributed by atoms with Gasteiger partial charge in [0.05, 0.1) is 5.69 Å². The van der Waals surface area contributed by atoms with Crippen LogP contribution in [0.2, 0.25) is 0 Å². The summed E-state index contributed by atoms with van der Waals surface area (Å²) in [6.07, 6.45) is 0.223. The number of aromatic nitrogens is 1. The van der Waals surface area contributed by atoms with Gasteiger partial charge in [0.15, 0.2) is 5.13 Å². The number of nitrogens with zero attached hydrogens (tertiary/aromatic N) is 1. The van der Waals surface area contributed by atoms with Crippen molar-refractivity contribution >= 4 is 28.5 Å². The molecule has 3 N–H and O–H groups in total. The zero-order valence-electron chi connectivity index (χ0n) is 11.4. The van der Waals surface area contributed by atoms with E-state index in [1.54, 1.807) is 5.38 Å². The molecular formula is C14H15N3O3S. The Morgan fingerprint density at radius 1 is 1.33 bits per heavy atom. The van der Waals surface area contributed by atoms with Gasteiger partial charge in [-0.15, -0.1) is 11.3 Å². The first-order valence-electron chi connectivity index (χ1n) is 6.31. The Morgan fingerprint density at radius 2 is 2.05 bits per heavy atom. The molecule has 0 saturated carbocycles. The maximum absolute atomic E-state index is 11.8. The van der Waals surface area contributed by atoms with Gasteiger partial charge < -0.3 is 10.4 Å². The van der Waals surface area contributed by atoms with E-state index in [4.69, 9.17) is 0 Å². The number of benzene rings is 1. The standard InChI is InChI=1S/C14H15N3O3S/c1-9-8-21-14(15-9)17-13(20)16-11(12(18)19)7-10-5-3-2-4-6-10/h2-6,8,11H,7H2,1H3,(H,18,19)(H2,15,16,17,20)/t11-/m0/s1. The fourth-order valence-corrected chi connectivity index (χ4v) is 2.44. The molecule has 2 amide bonds. The molecule has 0 saturated heterocycles. The number of hydrogen-bond donors (Lipinski definition) is 3. The molecule has 0 aliphatic carbocycles. The van der Waals surface area contributed by atoms with Crippen LogP contribution in [0.5, 0.6) is 0 Å². The summed E-state index contributed by atoms with van der Waals surface area (Å²) in [7, 11) is 0. The van der Waals surface area contributed by atoms with Crippen molar-refractivity contribution in [3.05, 3.63) is 47.0 Å². The first-order valence-corrected chi connectivity index (χ1v) is 7.19. The van der Waals surface area contributed by atoms with E-state index in [9.17, 15) is 14.7 Å². The molecule has 1 heterocycles. The molecule has 0 fully saturated rings. The highest BCUT2D eigenvalue weighted by atomic mass is 32.1. The highest BCUT2D eigenvalue weighted by Crippen LogP contribution is 2.14. The van der Waals surface area contributed by atoms with Gasteiger partial charge in [-0.25, -0.2) is 14.6 Å². The van der Waals surface area contributed by atoms with E-state index >= 15 is 0 Å². The van der Waals surface area contributed by atoms with Crippen molar-refractivity contribution in [3.63, 3.8) is 0 Å². The van der Waals surface area contributed by atoms with E-state index in [2.05, 4.69) is 15.6 Å². The highest BCUT2D eigenvalue weighted by Gasteiger charge is 2.20. The minimum atomic E-state index is -1.08. The Balaban J connectivity index is 1.96. The number of carboxylic acids is 1. The van der Waals surface area contributed by atoms with Gasteiger partial charge in [0.1, 0.15) is 6.04 Å². The van der Waals surface area contributed by atoms with Gasteiger partial charge in [0, 0.05) is 11.8 Å². The van der Waals surface area contributed by atoms with E-state index in [0.717, 1.165) is 11.3 Å². The minimum absolute atomic E-state index is 0.223. The minimum Gasteiger partial charge on any atom is -0.480 e. The number of thiazole rings is 1.